The maximum absolute atomic E-state index is 10.3. The van der Waals surface area contributed by atoms with Crippen LogP contribution in [0.4, 0.5) is 0 Å². The summed E-state index contributed by atoms with van der Waals surface area (Å²) in [6.07, 6.45) is 0. The molecule has 0 fully saturated rings. The van der Waals surface area contributed by atoms with Crippen LogP contribution < -0.4 is 0 Å². The van der Waals surface area contributed by atoms with E-state index in [-0.39, 0.29) is 10.0 Å². The largest absolute Gasteiger partial charge is 0.285 e. The first-order valence-electron chi connectivity index (χ1n) is 2.37. The number of carbonyl (C=O) groups excluding carboxylic acids is 1. The van der Waals surface area contributed by atoms with E-state index in [1.807, 2.05) is 0 Å². The Balaban J connectivity index is 0. The standard InChI is InChI=1S/C4H6Br2O.CH2Cl2/c1-4(2,6)3(5)7;2-1-3/h1-2H3;1H2. The Morgan fingerprint density at radius 2 is 1.60 bits per heavy atom. The highest BCUT2D eigenvalue weighted by Gasteiger charge is 2.19. The lowest BCUT2D eigenvalue weighted by Crippen LogP contribution is -2.17. The first-order chi connectivity index (χ1) is 4.36. The summed E-state index contributed by atoms with van der Waals surface area (Å²) in [5, 5.41) is 0.194. The van der Waals surface area contributed by atoms with Crippen LogP contribution in [0.25, 0.3) is 0 Å². The van der Waals surface area contributed by atoms with Gasteiger partial charge in [-0.1, -0.05) is 15.9 Å². The van der Waals surface area contributed by atoms with Gasteiger partial charge in [-0.25, -0.2) is 0 Å². The zero-order valence-electron chi connectivity index (χ0n) is 5.63. The highest BCUT2D eigenvalue weighted by molar-refractivity contribution is 9.20. The second-order valence-corrected chi connectivity index (χ2v) is 5.36. The molecule has 0 spiro atoms. The molecule has 0 aliphatic carbocycles. The first-order valence-corrected chi connectivity index (χ1v) is 5.02. The summed E-state index contributed by atoms with van der Waals surface area (Å²) in [5.41, 5.74) is 0. The summed E-state index contributed by atoms with van der Waals surface area (Å²) >= 11 is 15.5. The number of halogens is 4. The number of carbonyl (C=O) groups is 1. The molecule has 0 aliphatic heterocycles. The van der Waals surface area contributed by atoms with Gasteiger partial charge in [-0.2, -0.15) is 0 Å². The van der Waals surface area contributed by atoms with Crippen molar-refractivity contribution >= 4 is 59.8 Å². The Kier molecular flexibility index (Phi) is 9.49. The molecule has 5 heteroatoms. The van der Waals surface area contributed by atoms with E-state index in [2.05, 4.69) is 31.9 Å². The second-order valence-electron chi connectivity index (χ2n) is 1.85. The van der Waals surface area contributed by atoms with Gasteiger partial charge in [0.1, 0.15) is 0 Å². The van der Waals surface area contributed by atoms with Crippen molar-refractivity contribution in [3.05, 3.63) is 0 Å². The summed E-state index contributed by atoms with van der Waals surface area (Å²) in [5.74, 6) is 0. The molecule has 0 saturated heterocycles. The van der Waals surface area contributed by atoms with E-state index < -0.39 is 4.32 Å². The monoisotopic (exact) mass is 312 g/mol. The molecular formula is C5H8Br2Cl2O. The van der Waals surface area contributed by atoms with E-state index >= 15 is 0 Å². The molecule has 0 heterocycles. The lowest BCUT2D eigenvalue weighted by atomic mass is 10.3. The third-order valence-electron chi connectivity index (χ3n) is 0.467. The van der Waals surface area contributed by atoms with Crippen LogP contribution in [-0.4, -0.2) is 14.4 Å². The number of alkyl halides is 3. The van der Waals surface area contributed by atoms with Crippen LogP contribution in [0, 0.1) is 0 Å². The van der Waals surface area contributed by atoms with E-state index in [0.717, 1.165) is 0 Å². The van der Waals surface area contributed by atoms with Gasteiger partial charge in [0.25, 0.3) is 0 Å². The molecule has 0 N–H and O–H groups in total. The van der Waals surface area contributed by atoms with Crippen LogP contribution >= 0.6 is 55.1 Å². The summed E-state index contributed by atoms with van der Waals surface area (Å²) in [7, 11) is 0. The van der Waals surface area contributed by atoms with E-state index in [4.69, 9.17) is 23.2 Å². The molecule has 0 rings (SSSR count). The van der Waals surface area contributed by atoms with Crippen LogP contribution in [0.5, 0.6) is 0 Å². The molecular weight excluding hydrogens is 307 g/mol. The van der Waals surface area contributed by atoms with E-state index in [1.54, 1.807) is 13.8 Å². The van der Waals surface area contributed by atoms with Gasteiger partial charge < -0.3 is 0 Å². The Morgan fingerprint density at radius 1 is 1.50 bits per heavy atom. The topological polar surface area (TPSA) is 17.1 Å². The van der Waals surface area contributed by atoms with Gasteiger partial charge in [0.2, 0.25) is 4.69 Å². The predicted molar refractivity (Wildman–Crippen MR) is 53.5 cm³/mol. The summed E-state index contributed by atoms with van der Waals surface area (Å²) in [6, 6.07) is 0. The average molecular weight is 315 g/mol. The fourth-order valence-electron chi connectivity index (χ4n) is 0. The Hall–Kier alpha value is 1.21. The van der Waals surface area contributed by atoms with Crippen molar-refractivity contribution in [2.24, 2.45) is 0 Å². The third kappa shape index (κ3) is 11.9. The first kappa shape index (κ1) is 13.8. The van der Waals surface area contributed by atoms with Gasteiger partial charge >= 0.3 is 0 Å². The molecule has 62 valence electrons. The van der Waals surface area contributed by atoms with Gasteiger partial charge in [-0.15, -0.1) is 23.2 Å². The summed E-state index contributed by atoms with van der Waals surface area (Å²) in [6.45, 7) is 3.56. The molecule has 0 unspecified atom stereocenters. The minimum atomic E-state index is -0.410. The van der Waals surface area contributed by atoms with Gasteiger partial charge in [0, 0.05) is 0 Å². The summed E-state index contributed by atoms with van der Waals surface area (Å²) < 4.78 is -0.437. The molecule has 0 radical (unpaired) electrons. The zero-order valence-corrected chi connectivity index (χ0v) is 10.3. The highest BCUT2D eigenvalue weighted by Crippen LogP contribution is 2.19. The summed E-state index contributed by atoms with van der Waals surface area (Å²) in [4.78, 5) is 10.3. The molecule has 1 nitrogen and oxygen atoms in total. The lowest BCUT2D eigenvalue weighted by molar-refractivity contribution is -0.111. The molecule has 0 aliphatic rings. The average Bonchev–Trinajstić information content (AvgIpc) is 1.64. The molecule has 0 aromatic rings. The van der Waals surface area contributed by atoms with Crippen molar-refractivity contribution in [1.82, 2.24) is 0 Å². The van der Waals surface area contributed by atoms with Crippen LogP contribution in [0.15, 0.2) is 0 Å². The number of rotatable bonds is 1. The number of hydrogen-bond donors (Lipinski definition) is 0. The van der Waals surface area contributed by atoms with Crippen molar-refractivity contribution in [3.63, 3.8) is 0 Å². The van der Waals surface area contributed by atoms with Gasteiger partial charge in [-0.3, -0.25) is 4.79 Å². The van der Waals surface area contributed by atoms with Crippen molar-refractivity contribution in [2.45, 2.75) is 18.2 Å². The van der Waals surface area contributed by atoms with Crippen molar-refractivity contribution in [1.29, 1.82) is 0 Å². The number of hydrogen-bond acceptors (Lipinski definition) is 1. The normalized spacial score (nSPS) is 9.80. The van der Waals surface area contributed by atoms with Gasteiger partial charge in [0.05, 0.1) is 9.66 Å². The highest BCUT2D eigenvalue weighted by atomic mass is 79.9. The Morgan fingerprint density at radius 3 is 1.60 bits per heavy atom. The molecule has 10 heavy (non-hydrogen) atoms. The smallest absolute Gasteiger partial charge is 0.213 e. The van der Waals surface area contributed by atoms with Gasteiger partial charge in [0.15, 0.2) is 0 Å². The molecule has 0 aromatic carbocycles. The van der Waals surface area contributed by atoms with Crippen LogP contribution in [0.2, 0.25) is 0 Å². The van der Waals surface area contributed by atoms with Crippen molar-refractivity contribution in [2.75, 3.05) is 5.34 Å². The van der Waals surface area contributed by atoms with Crippen LogP contribution in [0.3, 0.4) is 0 Å². The van der Waals surface area contributed by atoms with Crippen molar-refractivity contribution in [3.8, 4) is 0 Å². The maximum atomic E-state index is 10.3. The van der Waals surface area contributed by atoms with Crippen LogP contribution in [-0.2, 0) is 4.79 Å². The zero-order chi connectivity index (χ0) is 8.78. The minimum Gasteiger partial charge on any atom is -0.285 e. The molecule has 0 amide bonds. The van der Waals surface area contributed by atoms with E-state index in [9.17, 15) is 4.79 Å². The molecule has 0 atom stereocenters. The third-order valence-corrected chi connectivity index (χ3v) is 2.35. The van der Waals surface area contributed by atoms with Crippen molar-refractivity contribution < 1.29 is 4.79 Å². The molecule has 0 aromatic heterocycles. The SMILES string of the molecule is CC(C)(Br)C(=O)Br.ClCCl. The Bertz CT molecular complexity index is 100. The quantitative estimate of drug-likeness (QED) is 0.535. The predicted octanol–water partition coefficient (Wildman–Crippen LogP) is 3.50. The fourth-order valence-corrected chi connectivity index (χ4v) is 0. The lowest BCUT2D eigenvalue weighted by Gasteiger charge is -2.06. The Labute approximate surface area is 87.7 Å². The van der Waals surface area contributed by atoms with E-state index in [0.29, 0.717) is 0 Å². The minimum absolute atomic E-state index is 0.0278. The fraction of sp³-hybridized carbons (Fsp3) is 0.800. The maximum Gasteiger partial charge on any atom is 0.213 e. The van der Waals surface area contributed by atoms with E-state index in [1.165, 1.54) is 0 Å². The molecule has 0 bridgehead atoms. The van der Waals surface area contributed by atoms with Gasteiger partial charge in [-0.05, 0) is 29.8 Å². The molecule has 0 saturated carbocycles. The second kappa shape index (κ2) is 6.89. The van der Waals surface area contributed by atoms with Crippen LogP contribution in [0.1, 0.15) is 13.8 Å².